The molecule has 0 saturated heterocycles. The predicted molar refractivity (Wildman–Crippen MR) is 62.1 cm³/mol. The molecule has 2 N–H and O–H groups in total. The summed E-state index contributed by atoms with van der Waals surface area (Å²) < 4.78 is 10.1. The molecule has 0 heterocycles. The molecule has 0 aromatic rings. The minimum Gasteiger partial charge on any atom is -0.466 e. The normalized spacial score (nSPS) is 25.0. The lowest BCUT2D eigenvalue weighted by Crippen LogP contribution is -2.39. The van der Waals surface area contributed by atoms with Crippen LogP contribution in [0.4, 0.5) is 0 Å². The van der Waals surface area contributed by atoms with E-state index < -0.39 is 17.6 Å². The fourth-order valence-electron chi connectivity index (χ4n) is 1.68. The van der Waals surface area contributed by atoms with E-state index in [9.17, 15) is 9.59 Å². The van der Waals surface area contributed by atoms with Gasteiger partial charge in [-0.3, -0.25) is 9.59 Å². The van der Waals surface area contributed by atoms with E-state index in [0.29, 0.717) is 13.0 Å². The highest BCUT2D eigenvalue weighted by molar-refractivity contribution is 5.81. The van der Waals surface area contributed by atoms with Crippen molar-refractivity contribution in [3.05, 3.63) is 0 Å². The predicted octanol–water partition coefficient (Wildman–Crippen LogP) is 0.855. The maximum absolute atomic E-state index is 11.7. The minimum absolute atomic E-state index is 0.135. The van der Waals surface area contributed by atoms with Crippen molar-refractivity contribution in [2.45, 2.75) is 45.8 Å². The summed E-state index contributed by atoms with van der Waals surface area (Å²) in [6.45, 7) is 7.46. The first kappa shape index (κ1) is 14.0. The Balaban J connectivity index is 2.43. The van der Waals surface area contributed by atoms with Crippen LogP contribution in [0.15, 0.2) is 0 Å². The maximum Gasteiger partial charge on any atom is 0.323 e. The van der Waals surface area contributed by atoms with Gasteiger partial charge in [-0.05, 0) is 40.0 Å². The van der Waals surface area contributed by atoms with Gasteiger partial charge in [0.1, 0.15) is 11.6 Å². The molecule has 0 radical (unpaired) electrons. The van der Waals surface area contributed by atoms with Gasteiger partial charge < -0.3 is 15.2 Å². The molecule has 1 aliphatic rings. The molecule has 1 saturated carbocycles. The summed E-state index contributed by atoms with van der Waals surface area (Å²) in [6, 6.07) is -0.733. The second-order valence-electron chi connectivity index (χ2n) is 5.32. The fraction of sp³-hybridized carbons (Fsp3) is 0.833. The van der Waals surface area contributed by atoms with Crippen LogP contribution in [0.25, 0.3) is 0 Å². The third-order valence-electron chi connectivity index (χ3n) is 2.57. The minimum atomic E-state index is -0.733. The molecule has 0 aromatic heterocycles. The van der Waals surface area contributed by atoms with Gasteiger partial charge in [-0.1, -0.05) is 0 Å². The van der Waals surface area contributed by atoms with Crippen LogP contribution in [0, 0.1) is 11.8 Å². The third kappa shape index (κ3) is 4.00. The number of nitrogens with two attached hydrogens (primary N) is 1. The van der Waals surface area contributed by atoms with E-state index in [0.717, 1.165) is 0 Å². The second-order valence-corrected chi connectivity index (χ2v) is 5.32. The summed E-state index contributed by atoms with van der Waals surface area (Å²) in [5.41, 5.74) is 5.22. The molecule has 0 aliphatic heterocycles. The molecule has 0 aromatic carbocycles. The molecular weight excluding hydrogens is 222 g/mol. The molecule has 0 amide bonds. The van der Waals surface area contributed by atoms with Crippen LogP contribution in [-0.2, 0) is 19.1 Å². The number of hydrogen-bond donors (Lipinski definition) is 1. The molecule has 3 atom stereocenters. The monoisotopic (exact) mass is 243 g/mol. The van der Waals surface area contributed by atoms with Crippen molar-refractivity contribution in [2.75, 3.05) is 6.61 Å². The van der Waals surface area contributed by atoms with Crippen LogP contribution in [0.3, 0.4) is 0 Å². The SMILES string of the molecule is CCOC(=O)[C@@H]1C[C@H]1C(N)C(=O)OC(C)(C)C. The summed E-state index contributed by atoms with van der Waals surface area (Å²) >= 11 is 0. The van der Waals surface area contributed by atoms with Crippen LogP contribution >= 0.6 is 0 Å². The van der Waals surface area contributed by atoms with Crippen molar-refractivity contribution in [1.82, 2.24) is 0 Å². The molecule has 1 unspecified atom stereocenters. The van der Waals surface area contributed by atoms with E-state index in [4.69, 9.17) is 15.2 Å². The van der Waals surface area contributed by atoms with Crippen molar-refractivity contribution in [3.8, 4) is 0 Å². The lowest BCUT2D eigenvalue weighted by molar-refractivity contribution is -0.157. The fourth-order valence-corrected chi connectivity index (χ4v) is 1.68. The summed E-state index contributed by atoms with van der Waals surface area (Å²) in [4.78, 5) is 23.1. The lowest BCUT2D eigenvalue weighted by atomic mass is 10.1. The van der Waals surface area contributed by atoms with Gasteiger partial charge in [-0.25, -0.2) is 0 Å². The Morgan fingerprint density at radius 1 is 1.41 bits per heavy atom. The lowest BCUT2D eigenvalue weighted by Gasteiger charge is -2.22. The third-order valence-corrected chi connectivity index (χ3v) is 2.57. The molecule has 0 spiro atoms. The smallest absolute Gasteiger partial charge is 0.323 e. The molecule has 98 valence electrons. The summed E-state index contributed by atoms with van der Waals surface area (Å²) in [6.07, 6.45) is 0.610. The van der Waals surface area contributed by atoms with E-state index in [-0.39, 0.29) is 17.8 Å². The summed E-state index contributed by atoms with van der Waals surface area (Å²) in [5, 5.41) is 0. The number of rotatable bonds is 4. The van der Waals surface area contributed by atoms with Crippen LogP contribution in [-0.4, -0.2) is 30.2 Å². The van der Waals surface area contributed by atoms with E-state index in [1.54, 1.807) is 27.7 Å². The van der Waals surface area contributed by atoms with E-state index in [1.165, 1.54) is 0 Å². The van der Waals surface area contributed by atoms with Gasteiger partial charge in [0.2, 0.25) is 0 Å². The Labute approximate surface area is 102 Å². The zero-order valence-electron chi connectivity index (χ0n) is 10.9. The molecule has 17 heavy (non-hydrogen) atoms. The van der Waals surface area contributed by atoms with Crippen molar-refractivity contribution < 1.29 is 19.1 Å². The number of hydrogen-bond acceptors (Lipinski definition) is 5. The van der Waals surface area contributed by atoms with E-state index in [1.807, 2.05) is 0 Å². The molecule has 1 aliphatic carbocycles. The van der Waals surface area contributed by atoms with Crippen molar-refractivity contribution >= 4 is 11.9 Å². The van der Waals surface area contributed by atoms with Crippen LogP contribution in [0.5, 0.6) is 0 Å². The number of carbonyl (C=O) groups excluding carboxylic acids is 2. The van der Waals surface area contributed by atoms with Crippen LogP contribution in [0.2, 0.25) is 0 Å². The van der Waals surface area contributed by atoms with Gasteiger partial charge in [0, 0.05) is 0 Å². The highest BCUT2D eigenvalue weighted by Gasteiger charge is 2.50. The Morgan fingerprint density at radius 2 is 2.00 bits per heavy atom. The van der Waals surface area contributed by atoms with Crippen LogP contribution < -0.4 is 5.73 Å². The molecule has 5 nitrogen and oxygen atoms in total. The van der Waals surface area contributed by atoms with Crippen molar-refractivity contribution in [2.24, 2.45) is 17.6 Å². The van der Waals surface area contributed by atoms with Gasteiger partial charge in [0.05, 0.1) is 12.5 Å². The largest absolute Gasteiger partial charge is 0.466 e. The molecular formula is C12H21NO4. The van der Waals surface area contributed by atoms with Gasteiger partial charge in [0.15, 0.2) is 0 Å². The highest BCUT2D eigenvalue weighted by Crippen LogP contribution is 2.42. The molecule has 1 rings (SSSR count). The Morgan fingerprint density at radius 3 is 2.47 bits per heavy atom. The quantitative estimate of drug-likeness (QED) is 0.741. The first-order chi connectivity index (χ1) is 7.76. The molecule has 0 bridgehead atoms. The second kappa shape index (κ2) is 5.04. The van der Waals surface area contributed by atoms with E-state index >= 15 is 0 Å². The average molecular weight is 243 g/mol. The zero-order chi connectivity index (χ0) is 13.2. The van der Waals surface area contributed by atoms with Gasteiger partial charge >= 0.3 is 11.9 Å². The van der Waals surface area contributed by atoms with Crippen molar-refractivity contribution in [3.63, 3.8) is 0 Å². The first-order valence-corrected chi connectivity index (χ1v) is 5.91. The van der Waals surface area contributed by atoms with Gasteiger partial charge in [0.25, 0.3) is 0 Å². The Kier molecular flexibility index (Phi) is 4.14. The van der Waals surface area contributed by atoms with Crippen molar-refractivity contribution in [1.29, 1.82) is 0 Å². The summed E-state index contributed by atoms with van der Waals surface area (Å²) in [7, 11) is 0. The number of carbonyl (C=O) groups is 2. The number of esters is 2. The first-order valence-electron chi connectivity index (χ1n) is 5.91. The topological polar surface area (TPSA) is 78.6 Å². The Bertz CT molecular complexity index is 308. The maximum atomic E-state index is 11.7. The zero-order valence-corrected chi connectivity index (χ0v) is 10.9. The summed E-state index contributed by atoms with van der Waals surface area (Å²) in [5.74, 6) is -1.09. The standard InChI is InChI=1S/C12H21NO4/c1-5-16-10(14)8-6-7(8)9(13)11(15)17-12(2,3)4/h7-9H,5-6,13H2,1-4H3/t7-,8-,9?/m1/s1. The molecule has 5 heteroatoms. The average Bonchev–Trinajstić information content (AvgIpc) is 2.93. The highest BCUT2D eigenvalue weighted by atomic mass is 16.6. The Hall–Kier alpha value is -1.10. The van der Waals surface area contributed by atoms with Gasteiger partial charge in [-0.2, -0.15) is 0 Å². The van der Waals surface area contributed by atoms with E-state index in [2.05, 4.69) is 0 Å². The van der Waals surface area contributed by atoms with Gasteiger partial charge in [-0.15, -0.1) is 0 Å². The molecule has 1 fully saturated rings. The van der Waals surface area contributed by atoms with Crippen LogP contribution in [0.1, 0.15) is 34.1 Å². The number of ether oxygens (including phenoxy) is 2.